The third-order valence-electron chi connectivity index (χ3n) is 5.03. The van der Waals surface area contributed by atoms with Crippen LogP contribution in [0.5, 0.6) is 0 Å². The summed E-state index contributed by atoms with van der Waals surface area (Å²) in [4.78, 5) is 18.1. The van der Waals surface area contributed by atoms with Crippen LogP contribution in [0.3, 0.4) is 0 Å². The van der Waals surface area contributed by atoms with Crippen LogP contribution in [0.2, 0.25) is 0 Å². The molecule has 29 heavy (non-hydrogen) atoms. The third-order valence-corrected chi connectivity index (χ3v) is 5.03. The molecule has 2 rings (SSSR count). The molecule has 0 spiro atoms. The highest BCUT2D eigenvalue weighted by atomic mass is 16.2. The molecule has 0 aromatic heterocycles. The molecule has 0 aliphatic rings. The Hall–Kier alpha value is -2.82. The van der Waals surface area contributed by atoms with E-state index in [4.69, 9.17) is 0 Å². The fourth-order valence-corrected chi connectivity index (χ4v) is 3.31. The molecule has 1 unspecified atom stereocenters. The van der Waals surface area contributed by atoms with Crippen LogP contribution in [-0.2, 0) is 6.42 Å². The lowest BCUT2D eigenvalue weighted by atomic mass is 9.88. The van der Waals surface area contributed by atoms with Crippen molar-refractivity contribution in [2.24, 2.45) is 10.9 Å². The Balaban J connectivity index is 1.88. The van der Waals surface area contributed by atoms with Crippen LogP contribution >= 0.6 is 0 Å². The van der Waals surface area contributed by atoms with Gasteiger partial charge in [0.05, 0.1) is 0 Å². The number of guanidine groups is 1. The van der Waals surface area contributed by atoms with Crippen LogP contribution in [0.25, 0.3) is 0 Å². The van der Waals surface area contributed by atoms with E-state index in [1.54, 1.807) is 26.0 Å². The Morgan fingerprint density at radius 1 is 1.03 bits per heavy atom. The fourth-order valence-electron chi connectivity index (χ4n) is 3.31. The van der Waals surface area contributed by atoms with Gasteiger partial charge in [-0.05, 0) is 35.6 Å². The standard InChI is InChI=1S/C24H34N4O/c1-18(2)22(20-11-7-6-8-12-20)17-27-24(25-3)26-15-14-19-10-9-13-21(16-19)23(29)28(4)5/h6-13,16,18,22H,14-15,17H2,1-5H3,(H2,25,26,27). The number of carbonyl (C=O) groups excluding carboxylic acids is 1. The summed E-state index contributed by atoms with van der Waals surface area (Å²) in [6, 6.07) is 18.4. The molecule has 0 saturated heterocycles. The first-order chi connectivity index (χ1) is 13.9. The van der Waals surface area contributed by atoms with E-state index in [0.29, 0.717) is 11.8 Å². The van der Waals surface area contributed by atoms with Gasteiger partial charge in [0, 0.05) is 45.7 Å². The lowest BCUT2D eigenvalue weighted by Crippen LogP contribution is -2.40. The molecule has 0 saturated carbocycles. The van der Waals surface area contributed by atoms with Crippen molar-refractivity contribution in [3.05, 3.63) is 71.3 Å². The first-order valence-corrected chi connectivity index (χ1v) is 10.2. The second-order valence-corrected chi connectivity index (χ2v) is 7.79. The molecule has 5 nitrogen and oxygen atoms in total. The highest BCUT2D eigenvalue weighted by Gasteiger charge is 2.16. The number of nitrogens with zero attached hydrogens (tertiary/aromatic N) is 2. The predicted octanol–water partition coefficient (Wildman–Crippen LogP) is 3.54. The molecule has 0 fully saturated rings. The van der Waals surface area contributed by atoms with Gasteiger partial charge in [-0.15, -0.1) is 0 Å². The number of aliphatic imine (C=N–C) groups is 1. The van der Waals surface area contributed by atoms with Gasteiger partial charge >= 0.3 is 0 Å². The maximum atomic E-state index is 12.1. The molecule has 156 valence electrons. The van der Waals surface area contributed by atoms with Gasteiger partial charge in [0.2, 0.25) is 0 Å². The van der Waals surface area contributed by atoms with E-state index in [-0.39, 0.29) is 5.91 Å². The Bertz CT molecular complexity index is 800. The Morgan fingerprint density at radius 2 is 1.76 bits per heavy atom. The molecule has 0 bridgehead atoms. The van der Waals surface area contributed by atoms with E-state index in [1.165, 1.54) is 5.56 Å². The molecule has 1 atom stereocenters. The van der Waals surface area contributed by atoms with Gasteiger partial charge in [0.25, 0.3) is 5.91 Å². The lowest BCUT2D eigenvalue weighted by molar-refractivity contribution is 0.0827. The Kier molecular flexibility index (Phi) is 8.71. The van der Waals surface area contributed by atoms with E-state index in [2.05, 4.69) is 65.9 Å². The van der Waals surface area contributed by atoms with Gasteiger partial charge in [-0.1, -0.05) is 56.3 Å². The molecule has 2 aromatic carbocycles. The molecular formula is C24H34N4O. The highest BCUT2D eigenvalue weighted by Crippen LogP contribution is 2.23. The van der Waals surface area contributed by atoms with Crippen molar-refractivity contribution < 1.29 is 4.79 Å². The predicted molar refractivity (Wildman–Crippen MR) is 122 cm³/mol. The zero-order chi connectivity index (χ0) is 21.2. The van der Waals surface area contributed by atoms with Crippen LogP contribution in [0, 0.1) is 5.92 Å². The molecule has 1 amide bonds. The summed E-state index contributed by atoms with van der Waals surface area (Å²) in [6.45, 7) is 6.07. The van der Waals surface area contributed by atoms with Crippen molar-refractivity contribution in [1.82, 2.24) is 15.5 Å². The summed E-state index contributed by atoms with van der Waals surface area (Å²) >= 11 is 0. The number of carbonyl (C=O) groups is 1. The Morgan fingerprint density at radius 3 is 2.38 bits per heavy atom. The Labute approximate surface area is 175 Å². The summed E-state index contributed by atoms with van der Waals surface area (Å²) in [6.07, 6.45) is 0.821. The number of rotatable bonds is 8. The number of amides is 1. The maximum absolute atomic E-state index is 12.1. The fraction of sp³-hybridized carbons (Fsp3) is 0.417. The van der Waals surface area contributed by atoms with Crippen molar-refractivity contribution in [2.75, 3.05) is 34.2 Å². The average molecular weight is 395 g/mol. The monoisotopic (exact) mass is 394 g/mol. The van der Waals surface area contributed by atoms with E-state index >= 15 is 0 Å². The zero-order valence-electron chi connectivity index (χ0n) is 18.3. The minimum Gasteiger partial charge on any atom is -0.356 e. The first kappa shape index (κ1) is 22.5. The SMILES string of the molecule is CN=C(NCCc1cccc(C(=O)N(C)C)c1)NCC(c1ccccc1)C(C)C. The van der Waals surface area contributed by atoms with Crippen molar-refractivity contribution in [1.29, 1.82) is 0 Å². The van der Waals surface area contributed by atoms with Crippen molar-refractivity contribution in [3.8, 4) is 0 Å². The number of hydrogen-bond acceptors (Lipinski definition) is 2. The van der Waals surface area contributed by atoms with Gasteiger partial charge in [-0.3, -0.25) is 9.79 Å². The molecular weight excluding hydrogens is 360 g/mol. The van der Waals surface area contributed by atoms with Gasteiger partial charge in [0.15, 0.2) is 5.96 Å². The largest absolute Gasteiger partial charge is 0.356 e. The molecule has 0 aliphatic heterocycles. The summed E-state index contributed by atoms with van der Waals surface area (Å²) < 4.78 is 0. The lowest BCUT2D eigenvalue weighted by Gasteiger charge is -2.23. The number of benzene rings is 2. The molecule has 0 radical (unpaired) electrons. The smallest absolute Gasteiger partial charge is 0.253 e. The normalized spacial score (nSPS) is 12.6. The van der Waals surface area contributed by atoms with Gasteiger partial charge < -0.3 is 15.5 Å². The van der Waals surface area contributed by atoms with Crippen LogP contribution in [0.1, 0.15) is 41.3 Å². The number of nitrogens with one attached hydrogen (secondary N) is 2. The maximum Gasteiger partial charge on any atom is 0.253 e. The van der Waals surface area contributed by atoms with Gasteiger partial charge in [-0.2, -0.15) is 0 Å². The van der Waals surface area contributed by atoms with Crippen molar-refractivity contribution in [3.63, 3.8) is 0 Å². The molecule has 2 N–H and O–H groups in total. The van der Waals surface area contributed by atoms with Crippen molar-refractivity contribution >= 4 is 11.9 Å². The van der Waals surface area contributed by atoms with Crippen LogP contribution in [-0.4, -0.2) is 51.0 Å². The summed E-state index contributed by atoms with van der Waals surface area (Å²) in [7, 11) is 5.33. The van der Waals surface area contributed by atoms with E-state index < -0.39 is 0 Å². The highest BCUT2D eigenvalue weighted by molar-refractivity contribution is 5.94. The van der Waals surface area contributed by atoms with Gasteiger partial charge in [0.1, 0.15) is 0 Å². The minimum atomic E-state index is 0.0259. The third kappa shape index (κ3) is 6.93. The molecule has 5 heteroatoms. The molecule has 2 aromatic rings. The second kappa shape index (κ2) is 11.2. The first-order valence-electron chi connectivity index (χ1n) is 10.2. The number of hydrogen-bond donors (Lipinski definition) is 2. The molecule has 0 aliphatic carbocycles. The van der Waals surface area contributed by atoms with Crippen LogP contribution in [0.15, 0.2) is 59.6 Å². The van der Waals surface area contributed by atoms with Gasteiger partial charge in [-0.25, -0.2) is 0 Å². The topological polar surface area (TPSA) is 56.7 Å². The quantitative estimate of drug-likeness (QED) is 0.532. The average Bonchev–Trinajstić information content (AvgIpc) is 2.72. The van der Waals surface area contributed by atoms with E-state index in [1.807, 2.05) is 18.2 Å². The summed E-state index contributed by atoms with van der Waals surface area (Å²) in [5.74, 6) is 1.77. The van der Waals surface area contributed by atoms with E-state index in [0.717, 1.165) is 36.6 Å². The van der Waals surface area contributed by atoms with Crippen LogP contribution in [0.4, 0.5) is 0 Å². The summed E-state index contributed by atoms with van der Waals surface area (Å²) in [5.41, 5.74) is 3.19. The van der Waals surface area contributed by atoms with Crippen LogP contribution < -0.4 is 10.6 Å². The van der Waals surface area contributed by atoms with E-state index in [9.17, 15) is 4.79 Å². The zero-order valence-corrected chi connectivity index (χ0v) is 18.3. The minimum absolute atomic E-state index is 0.0259. The second-order valence-electron chi connectivity index (χ2n) is 7.79. The van der Waals surface area contributed by atoms with Crippen molar-refractivity contribution in [2.45, 2.75) is 26.2 Å². The summed E-state index contributed by atoms with van der Waals surface area (Å²) in [5, 5.41) is 6.84. The molecule has 0 heterocycles.